The first-order valence-electron chi connectivity index (χ1n) is 10.0. The maximum absolute atomic E-state index is 12.3. The van der Waals surface area contributed by atoms with E-state index in [4.69, 9.17) is 4.74 Å². The molecule has 2 aliphatic rings. The summed E-state index contributed by atoms with van der Waals surface area (Å²) in [4.78, 5) is 12.3. The Morgan fingerprint density at radius 2 is 1.61 bits per heavy atom. The van der Waals surface area contributed by atoms with Crippen LogP contribution in [0.15, 0.2) is 54.6 Å². The third kappa shape index (κ3) is 5.73. The topological polar surface area (TPSA) is 50.4 Å². The van der Waals surface area contributed by atoms with Crippen molar-refractivity contribution in [2.75, 3.05) is 0 Å². The van der Waals surface area contributed by atoms with Gasteiger partial charge in [0.1, 0.15) is 12.4 Å². The first kappa shape index (κ1) is 20.7. The van der Waals surface area contributed by atoms with E-state index in [0.717, 1.165) is 29.7 Å². The van der Waals surface area contributed by atoms with Gasteiger partial charge >= 0.3 is 0 Å². The van der Waals surface area contributed by atoms with Gasteiger partial charge in [-0.05, 0) is 54.9 Å². The Morgan fingerprint density at radius 3 is 2.29 bits per heavy atom. The minimum atomic E-state index is 0. The Hall–Kier alpha value is -2.04. The Balaban J connectivity index is 0.00000225. The van der Waals surface area contributed by atoms with Crippen LogP contribution in [0.5, 0.6) is 5.75 Å². The molecule has 0 radical (unpaired) electrons. The highest BCUT2D eigenvalue weighted by Crippen LogP contribution is 2.32. The maximum Gasteiger partial charge on any atom is 0.220 e. The molecule has 0 aromatic heterocycles. The molecule has 2 aliphatic heterocycles. The summed E-state index contributed by atoms with van der Waals surface area (Å²) in [6.07, 6.45) is 5.53. The highest BCUT2D eigenvalue weighted by molar-refractivity contribution is 5.85. The Labute approximate surface area is 173 Å². The van der Waals surface area contributed by atoms with Crippen LogP contribution in [0.2, 0.25) is 0 Å². The number of nitrogens with one attached hydrogen (secondary N) is 2. The van der Waals surface area contributed by atoms with E-state index in [1.807, 2.05) is 30.3 Å². The molecule has 2 aromatic rings. The van der Waals surface area contributed by atoms with Gasteiger partial charge < -0.3 is 15.4 Å². The fourth-order valence-electron chi connectivity index (χ4n) is 4.31. The number of rotatable bonds is 7. The largest absolute Gasteiger partial charge is 0.489 e. The van der Waals surface area contributed by atoms with Gasteiger partial charge in [-0.15, -0.1) is 12.4 Å². The summed E-state index contributed by atoms with van der Waals surface area (Å²) in [5, 5.41) is 6.72. The van der Waals surface area contributed by atoms with E-state index in [9.17, 15) is 4.79 Å². The Kier molecular flexibility index (Phi) is 7.35. The minimum Gasteiger partial charge on any atom is -0.489 e. The van der Waals surface area contributed by atoms with Crippen LogP contribution in [0.3, 0.4) is 0 Å². The molecule has 2 fully saturated rings. The van der Waals surface area contributed by atoms with Crippen molar-refractivity contribution in [2.45, 2.75) is 57.3 Å². The molecule has 150 valence electrons. The molecule has 0 spiro atoms. The third-order valence-electron chi connectivity index (χ3n) is 5.71. The first-order chi connectivity index (χ1) is 13.2. The quantitative estimate of drug-likeness (QED) is 0.731. The average Bonchev–Trinajstić information content (AvgIpc) is 3.04. The zero-order chi connectivity index (χ0) is 18.5. The van der Waals surface area contributed by atoms with E-state index in [-0.39, 0.29) is 18.3 Å². The second-order valence-electron chi connectivity index (χ2n) is 7.87. The van der Waals surface area contributed by atoms with Gasteiger partial charge in [0.05, 0.1) is 0 Å². The molecule has 2 N–H and O–H groups in total. The molecule has 2 atom stereocenters. The van der Waals surface area contributed by atoms with Crippen molar-refractivity contribution in [3.63, 3.8) is 0 Å². The van der Waals surface area contributed by atoms with Gasteiger partial charge in [-0.25, -0.2) is 0 Å². The van der Waals surface area contributed by atoms with Gasteiger partial charge in [-0.1, -0.05) is 42.5 Å². The fourth-order valence-corrected chi connectivity index (χ4v) is 4.31. The van der Waals surface area contributed by atoms with Gasteiger partial charge in [0, 0.05) is 25.0 Å². The van der Waals surface area contributed by atoms with Gasteiger partial charge in [-0.3, -0.25) is 4.79 Å². The number of carbonyl (C=O) groups excluding carboxylic acids is 1. The van der Waals surface area contributed by atoms with Crippen LogP contribution in [0.4, 0.5) is 0 Å². The number of fused-ring (bicyclic) bond motifs is 2. The number of hydrogen-bond acceptors (Lipinski definition) is 3. The van der Waals surface area contributed by atoms with E-state index in [1.165, 1.54) is 12.8 Å². The predicted octanol–water partition coefficient (Wildman–Crippen LogP) is 4.22. The molecule has 2 unspecified atom stereocenters. The van der Waals surface area contributed by atoms with E-state index < -0.39 is 0 Å². The predicted molar refractivity (Wildman–Crippen MR) is 114 cm³/mol. The van der Waals surface area contributed by atoms with Crippen molar-refractivity contribution >= 4 is 18.3 Å². The molecule has 2 saturated heterocycles. The van der Waals surface area contributed by atoms with Crippen molar-refractivity contribution in [3.05, 3.63) is 65.7 Å². The highest BCUT2D eigenvalue weighted by atomic mass is 35.5. The van der Waals surface area contributed by atoms with E-state index in [2.05, 4.69) is 34.9 Å². The summed E-state index contributed by atoms with van der Waals surface area (Å²) in [5.41, 5.74) is 2.25. The zero-order valence-corrected chi connectivity index (χ0v) is 16.9. The molecule has 4 rings (SSSR count). The summed E-state index contributed by atoms with van der Waals surface area (Å²) in [5.74, 6) is 1.60. The number of piperidine rings is 1. The van der Waals surface area contributed by atoms with Crippen LogP contribution in [-0.2, 0) is 17.9 Å². The van der Waals surface area contributed by atoms with Gasteiger partial charge in [0.2, 0.25) is 5.91 Å². The molecule has 0 saturated carbocycles. The second kappa shape index (κ2) is 9.94. The normalized spacial score (nSPS) is 22.9. The van der Waals surface area contributed by atoms with Crippen LogP contribution in [-0.4, -0.2) is 18.0 Å². The molecule has 0 aliphatic carbocycles. The third-order valence-corrected chi connectivity index (χ3v) is 5.71. The number of carbonyl (C=O) groups is 1. The van der Waals surface area contributed by atoms with E-state index in [0.29, 0.717) is 37.6 Å². The van der Waals surface area contributed by atoms with Crippen molar-refractivity contribution in [2.24, 2.45) is 5.92 Å². The van der Waals surface area contributed by atoms with Crippen LogP contribution in [0.25, 0.3) is 0 Å². The SMILES string of the molecule is Cl.O=C(CC1CC2CCC(C1)N2)NCc1ccc(COc2ccccc2)cc1. The number of para-hydroxylation sites is 1. The lowest BCUT2D eigenvalue weighted by atomic mass is 9.89. The molecule has 5 heteroatoms. The molecule has 2 bridgehead atoms. The first-order valence-corrected chi connectivity index (χ1v) is 10.0. The van der Waals surface area contributed by atoms with Crippen molar-refractivity contribution in [1.29, 1.82) is 0 Å². The number of halogens is 1. The number of benzene rings is 2. The minimum absolute atomic E-state index is 0. The lowest BCUT2D eigenvalue weighted by molar-refractivity contribution is -0.122. The van der Waals surface area contributed by atoms with Crippen molar-refractivity contribution in [3.8, 4) is 5.75 Å². The highest BCUT2D eigenvalue weighted by Gasteiger charge is 2.34. The van der Waals surface area contributed by atoms with E-state index in [1.54, 1.807) is 0 Å². The second-order valence-corrected chi connectivity index (χ2v) is 7.87. The molecule has 2 heterocycles. The lowest BCUT2D eigenvalue weighted by Gasteiger charge is -2.28. The summed E-state index contributed by atoms with van der Waals surface area (Å²) in [6, 6.07) is 19.4. The summed E-state index contributed by atoms with van der Waals surface area (Å²) in [7, 11) is 0. The summed E-state index contributed by atoms with van der Waals surface area (Å²) >= 11 is 0. The standard InChI is InChI=1S/C23H28N2O2.ClH/c26-23(14-19-12-20-10-11-21(13-19)25-20)24-15-17-6-8-18(9-7-17)16-27-22-4-2-1-3-5-22;/h1-9,19-21,25H,10-16H2,(H,24,26);1H. The van der Waals surface area contributed by atoms with Crippen molar-refractivity contribution in [1.82, 2.24) is 10.6 Å². The summed E-state index contributed by atoms with van der Waals surface area (Å²) < 4.78 is 5.76. The Morgan fingerprint density at radius 1 is 0.964 bits per heavy atom. The molecular weight excluding hydrogens is 372 g/mol. The number of amides is 1. The number of ether oxygens (including phenoxy) is 1. The Bertz CT molecular complexity index is 739. The molecule has 1 amide bonds. The average molecular weight is 401 g/mol. The van der Waals surface area contributed by atoms with Gasteiger partial charge in [0.25, 0.3) is 0 Å². The van der Waals surface area contributed by atoms with Crippen LogP contribution >= 0.6 is 12.4 Å². The van der Waals surface area contributed by atoms with Crippen LogP contribution in [0, 0.1) is 5.92 Å². The van der Waals surface area contributed by atoms with Crippen molar-refractivity contribution < 1.29 is 9.53 Å². The smallest absolute Gasteiger partial charge is 0.220 e. The summed E-state index contributed by atoms with van der Waals surface area (Å²) in [6.45, 7) is 1.14. The monoisotopic (exact) mass is 400 g/mol. The van der Waals surface area contributed by atoms with Gasteiger partial charge in [-0.2, -0.15) is 0 Å². The van der Waals surface area contributed by atoms with Crippen LogP contribution in [0.1, 0.15) is 43.2 Å². The maximum atomic E-state index is 12.3. The zero-order valence-electron chi connectivity index (χ0n) is 16.1. The van der Waals surface area contributed by atoms with E-state index >= 15 is 0 Å². The number of hydrogen-bond donors (Lipinski definition) is 2. The molecular formula is C23H29ClN2O2. The van der Waals surface area contributed by atoms with Crippen LogP contribution < -0.4 is 15.4 Å². The fraction of sp³-hybridized carbons (Fsp3) is 0.435. The lowest BCUT2D eigenvalue weighted by Crippen LogP contribution is -2.39. The molecule has 4 nitrogen and oxygen atoms in total. The molecule has 2 aromatic carbocycles. The molecule has 28 heavy (non-hydrogen) atoms. The van der Waals surface area contributed by atoms with Gasteiger partial charge in [0.15, 0.2) is 0 Å².